The normalized spacial score (nSPS) is 27.9. The molecule has 1 unspecified atom stereocenters. The van der Waals surface area contributed by atoms with E-state index in [0.29, 0.717) is 18.4 Å². The van der Waals surface area contributed by atoms with Gasteiger partial charge in [0.15, 0.2) is 8.32 Å². The summed E-state index contributed by atoms with van der Waals surface area (Å²) in [5, 5.41) is 9.12. The van der Waals surface area contributed by atoms with Crippen molar-refractivity contribution in [1.29, 1.82) is 0 Å². The van der Waals surface area contributed by atoms with E-state index in [-0.39, 0.29) is 17.7 Å². The molecule has 0 aromatic carbocycles. The standard InChI is InChI=1S/C15H27FO2Si/c1-11-12(7-8-17)9-13(10-14(11)16)18-19(5,6)15(2,3)4/h7,13-14,17H,1,8-10H2,2-6H3/t13?,14-/m0/s1. The summed E-state index contributed by atoms with van der Waals surface area (Å²) in [4.78, 5) is 0. The van der Waals surface area contributed by atoms with Crippen molar-refractivity contribution in [2.75, 3.05) is 6.61 Å². The third kappa shape index (κ3) is 4.00. The summed E-state index contributed by atoms with van der Waals surface area (Å²) in [6.45, 7) is 14.6. The summed E-state index contributed by atoms with van der Waals surface area (Å²) < 4.78 is 20.3. The van der Waals surface area contributed by atoms with Gasteiger partial charge in [-0.15, -0.1) is 0 Å². The minimum Gasteiger partial charge on any atom is -0.413 e. The Morgan fingerprint density at radius 1 is 1.47 bits per heavy atom. The second-order valence-corrected chi connectivity index (χ2v) is 11.6. The fourth-order valence-corrected chi connectivity index (χ4v) is 3.41. The maximum atomic E-state index is 14.0. The van der Waals surface area contributed by atoms with Gasteiger partial charge in [0.1, 0.15) is 6.17 Å². The average Bonchev–Trinajstić information content (AvgIpc) is 2.23. The van der Waals surface area contributed by atoms with Crippen molar-refractivity contribution in [3.05, 3.63) is 23.8 Å². The number of rotatable bonds is 3. The van der Waals surface area contributed by atoms with E-state index in [2.05, 4.69) is 40.4 Å². The summed E-state index contributed by atoms with van der Waals surface area (Å²) >= 11 is 0. The number of hydrogen-bond donors (Lipinski definition) is 1. The van der Waals surface area contributed by atoms with Gasteiger partial charge in [-0.05, 0) is 35.7 Å². The number of alkyl halides is 1. The van der Waals surface area contributed by atoms with Crippen LogP contribution in [0.3, 0.4) is 0 Å². The van der Waals surface area contributed by atoms with Gasteiger partial charge in [-0.2, -0.15) is 0 Å². The maximum absolute atomic E-state index is 14.0. The molecule has 0 aliphatic heterocycles. The van der Waals surface area contributed by atoms with E-state index in [1.54, 1.807) is 6.08 Å². The molecule has 0 bridgehead atoms. The van der Waals surface area contributed by atoms with Gasteiger partial charge in [-0.3, -0.25) is 0 Å². The molecule has 0 radical (unpaired) electrons. The molecule has 1 rings (SSSR count). The lowest BCUT2D eigenvalue weighted by atomic mass is 9.87. The van der Waals surface area contributed by atoms with E-state index in [1.807, 2.05) is 0 Å². The van der Waals surface area contributed by atoms with Crippen LogP contribution in [-0.4, -0.2) is 32.3 Å². The van der Waals surface area contributed by atoms with E-state index in [4.69, 9.17) is 9.53 Å². The molecule has 1 saturated carbocycles. The van der Waals surface area contributed by atoms with Gasteiger partial charge in [0.05, 0.1) is 12.7 Å². The lowest BCUT2D eigenvalue weighted by Gasteiger charge is -2.41. The predicted octanol–water partition coefficient (Wildman–Crippen LogP) is 3.98. The van der Waals surface area contributed by atoms with Gasteiger partial charge in [0, 0.05) is 6.42 Å². The minimum atomic E-state index is -1.88. The van der Waals surface area contributed by atoms with Crippen molar-refractivity contribution >= 4 is 8.32 Å². The molecule has 1 aliphatic rings. The zero-order chi connectivity index (χ0) is 14.8. The molecule has 0 spiro atoms. The fraction of sp³-hybridized carbons (Fsp3) is 0.733. The lowest BCUT2D eigenvalue weighted by molar-refractivity contribution is 0.131. The van der Waals surface area contributed by atoms with Crippen molar-refractivity contribution in [2.24, 2.45) is 0 Å². The molecular formula is C15H27FO2Si. The number of aliphatic hydroxyl groups excluding tert-OH is 1. The van der Waals surface area contributed by atoms with Crippen LogP contribution in [0, 0.1) is 0 Å². The zero-order valence-corrected chi connectivity index (χ0v) is 13.8. The lowest BCUT2D eigenvalue weighted by Crippen LogP contribution is -2.45. The molecule has 1 aliphatic carbocycles. The first-order valence-electron chi connectivity index (χ1n) is 6.89. The Balaban J connectivity index is 2.81. The Kier molecular flexibility index (Phi) is 5.15. The summed E-state index contributed by atoms with van der Waals surface area (Å²) in [5.41, 5.74) is 1.31. The van der Waals surface area contributed by atoms with Gasteiger partial charge in [0.25, 0.3) is 0 Å². The molecule has 110 valence electrons. The van der Waals surface area contributed by atoms with Gasteiger partial charge < -0.3 is 9.53 Å². The Labute approximate surface area is 117 Å². The second kappa shape index (κ2) is 5.90. The molecular weight excluding hydrogens is 259 g/mol. The van der Waals surface area contributed by atoms with Crippen LogP contribution in [0.25, 0.3) is 0 Å². The van der Waals surface area contributed by atoms with Gasteiger partial charge in [-0.1, -0.05) is 33.4 Å². The first-order chi connectivity index (χ1) is 8.58. The smallest absolute Gasteiger partial charge is 0.192 e. The summed E-state index contributed by atoms with van der Waals surface area (Å²) in [5.74, 6) is 0. The molecule has 0 heterocycles. The van der Waals surface area contributed by atoms with Crippen LogP contribution in [0.1, 0.15) is 33.6 Å². The SMILES string of the molecule is C=C1C(=CCO)CC(O[Si](C)(C)C(C)(C)C)C[C@@H]1F. The number of aliphatic hydroxyl groups is 1. The van der Waals surface area contributed by atoms with Crippen molar-refractivity contribution in [3.63, 3.8) is 0 Å². The van der Waals surface area contributed by atoms with Crippen molar-refractivity contribution < 1.29 is 13.9 Å². The Morgan fingerprint density at radius 3 is 2.53 bits per heavy atom. The Hall–Kier alpha value is -0.453. The molecule has 1 fully saturated rings. The van der Waals surface area contributed by atoms with Crippen LogP contribution in [-0.2, 0) is 4.43 Å². The quantitative estimate of drug-likeness (QED) is 0.795. The van der Waals surface area contributed by atoms with E-state index >= 15 is 0 Å². The highest BCUT2D eigenvalue weighted by atomic mass is 28.4. The van der Waals surface area contributed by atoms with Crippen molar-refractivity contribution in [3.8, 4) is 0 Å². The van der Waals surface area contributed by atoms with Gasteiger partial charge in [-0.25, -0.2) is 4.39 Å². The first-order valence-corrected chi connectivity index (χ1v) is 9.80. The third-order valence-electron chi connectivity index (χ3n) is 4.31. The third-order valence-corrected chi connectivity index (χ3v) is 8.85. The van der Waals surface area contributed by atoms with E-state index in [9.17, 15) is 4.39 Å². The largest absolute Gasteiger partial charge is 0.413 e. The van der Waals surface area contributed by atoms with Crippen molar-refractivity contribution in [1.82, 2.24) is 0 Å². The highest BCUT2D eigenvalue weighted by Gasteiger charge is 2.41. The summed E-state index contributed by atoms with van der Waals surface area (Å²) in [7, 11) is -1.88. The van der Waals surface area contributed by atoms with E-state index in [0.717, 1.165) is 5.57 Å². The first kappa shape index (κ1) is 16.6. The molecule has 0 aromatic rings. The molecule has 2 nitrogen and oxygen atoms in total. The molecule has 4 heteroatoms. The molecule has 0 amide bonds. The van der Waals surface area contributed by atoms with E-state index < -0.39 is 14.5 Å². The average molecular weight is 286 g/mol. The van der Waals surface area contributed by atoms with Gasteiger partial charge in [0.2, 0.25) is 0 Å². The molecule has 0 saturated heterocycles. The molecule has 19 heavy (non-hydrogen) atoms. The van der Waals surface area contributed by atoms with Crippen LogP contribution in [0.15, 0.2) is 23.8 Å². The monoisotopic (exact) mass is 286 g/mol. The highest BCUT2D eigenvalue weighted by Crippen LogP contribution is 2.40. The van der Waals surface area contributed by atoms with Gasteiger partial charge >= 0.3 is 0 Å². The van der Waals surface area contributed by atoms with E-state index in [1.165, 1.54) is 0 Å². The Bertz CT molecular complexity index is 369. The maximum Gasteiger partial charge on any atom is 0.192 e. The number of hydrogen-bond acceptors (Lipinski definition) is 2. The van der Waals surface area contributed by atoms with Crippen LogP contribution >= 0.6 is 0 Å². The number of halogens is 1. The summed E-state index contributed by atoms with van der Waals surface area (Å²) in [6, 6.07) is 0. The molecule has 1 N–H and O–H groups in total. The fourth-order valence-electron chi connectivity index (χ4n) is 2.04. The van der Waals surface area contributed by atoms with Crippen LogP contribution < -0.4 is 0 Å². The second-order valence-electron chi connectivity index (χ2n) is 6.84. The van der Waals surface area contributed by atoms with Crippen molar-refractivity contribution in [2.45, 2.75) is 64.0 Å². The molecule has 2 atom stereocenters. The summed E-state index contributed by atoms with van der Waals surface area (Å²) in [6.07, 6.45) is 1.54. The topological polar surface area (TPSA) is 29.5 Å². The van der Waals surface area contributed by atoms with Crippen LogP contribution in [0.5, 0.6) is 0 Å². The van der Waals surface area contributed by atoms with Crippen LogP contribution in [0.4, 0.5) is 4.39 Å². The highest BCUT2D eigenvalue weighted by molar-refractivity contribution is 6.74. The Morgan fingerprint density at radius 2 is 2.05 bits per heavy atom. The molecule has 0 aromatic heterocycles. The predicted molar refractivity (Wildman–Crippen MR) is 80.5 cm³/mol. The minimum absolute atomic E-state index is 0.0755. The number of allylic oxidation sites excluding steroid dienone is 1. The van der Waals surface area contributed by atoms with Crippen LogP contribution in [0.2, 0.25) is 18.1 Å². The zero-order valence-electron chi connectivity index (χ0n) is 12.8.